The predicted octanol–water partition coefficient (Wildman–Crippen LogP) is 2.44. The number of aromatic nitrogens is 2. The number of hydrogen-bond donors (Lipinski definition) is 3. The third-order valence-corrected chi connectivity index (χ3v) is 5.48. The lowest BCUT2D eigenvalue weighted by Gasteiger charge is -2.46. The van der Waals surface area contributed by atoms with E-state index in [1.54, 1.807) is 25.3 Å². The minimum atomic E-state index is -1.04. The summed E-state index contributed by atoms with van der Waals surface area (Å²) in [6.45, 7) is 2.18. The first kappa shape index (κ1) is 19.4. The summed E-state index contributed by atoms with van der Waals surface area (Å²) in [6, 6.07) is 8.21. The Morgan fingerprint density at radius 1 is 1.39 bits per heavy atom. The van der Waals surface area contributed by atoms with Crippen LogP contribution in [-0.2, 0) is 6.42 Å². The van der Waals surface area contributed by atoms with Gasteiger partial charge in [-0.2, -0.15) is 10.1 Å². The Kier molecular flexibility index (Phi) is 5.33. The van der Waals surface area contributed by atoms with Crippen LogP contribution in [0, 0.1) is 11.3 Å². The first-order valence-corrected chi connectivity index (χ1v) is 8.94. The fourth-order valence-corrected chi connectivity index (χ4v) is 3.98. The minimum absolute atomic E-state index is 0.140. The van der Waals surface area contributed by atoms with Gasteiger partial charge in [0.25, 0.3) is 0 Å². The van der Waals surface area contributed by atoms with Gasteiger partial charge in [0.2, 0.25) is 0 Å². The summed E-state index contributed by atoms with van der Waals surface area (Å²) in [6.07, 6.45) is 1.51. The number of nitriles is 1. The summed E-state index contributed by atoms with van der Waals surface area (Å²) in [5.74, 6) is 0. The zero-order chi connectivity index (χ0) is 20.3. The van der Waals surface area contributed by atoms with Crippen LogP contribution in [0.2, 0.25) is 0 Å². The van der Waals surface area contributed by atoms with Gasteiger partial charge >= 0.3 is 12.2 Å². The molecule has 1 aromatic heterocycles. The predicted molar refractivity (Wildman–Crippen MR) is 98.4 cm³/mol. The maximum Gasteiger partial charge on any atom is 0.514 e. The number of H-pyrrole nitrogens is 1. The number of quaternary nitrogens is 1. The molecule has 0 spiro atoms. The summed E-state index contributed by atoms with van der Waals surface area (Å²) in [5, 5.41) is 28.5. The molecule has 1 aromatic carbocycles. The van der Waals surface area contributed by atoms with Crippen molar-refractivity contribution < 1.29 is 24.3 Å². The second-order valence-electron chi connectivity index (χ2n) is 7.08. The number of aromatic amines is 1. The average molecular weight is 384 g/mol. The Hall–Kier alpha value is -3.38. The quantitative estimate of drug-likeness (QED) is 0.694. The molecule has 2 aromatic rings. The SMILES string of the molecule is CC1C[N+](C(=O)O)(C(Cc2ccc(C#N)cc2)c2cnc[nH]2)CCN1C(=O)O. The van der Waals surface area contributed by atoms with Gasteiger partial charge in [0.1, 0.15) is 19.1 Å². The smallest absolute Gasteiger partial charge is 0.465 e. The van der Waals surface area contributed by atoms with Crippen molar-refractivity contribution in [3.63, 3.8) is 0 Å². The van der Waals surface area contributed by atoms with Crippen LogP contribution < -0.4 is 0 Å². The largest absolute Gasteiger partial charge is 0.514 e. The molecular formula is C19H22N5O4+. The topological polar surface area (TPSA) is 130 Å². The fraction of sp³-hybridized carbons (Fsp3) is 0.368. The molecule has 1 aliphatic rings. The lowest BCUT2D eigenvalue weighted by Crippen LogP contribution is -2.67. The zero-order valence-electron chi connectivity index (χ0n) is 15.4. The van der Waals surface area contributed by atoms with Gasteiger partial charge in [-0.1, -0.05) is 12.1 Å². The molecule has 3 N–H and O–H groups in total. The monoisotopic (exact) mass is 384 g/mol. The highest BCUT2D eigenvalue weighted by Gasteiger charge is 2.51. The summed E-state index contributed by atoms with van der Waals surface area (Å²) < 4.78 is -0.285. The van der Waals surface area contributed by atoms with E-state index in [2.05, 4.69) is 16.0 Å². The van der Waals surface area contributed by atoms with E-state index in [4.69, 9.17) is 5.26 Å². The Balaban J connectivity index is 1.98. The van der Waals surface area contributed by atoms with Gasteiger partial charge in [-0.15, -0.1) is 0 Å². The number of rotatable bonds is 4. The normalized spacial score (nSPS) is 23.0. The van der Waals surface area contributed by atoms with Crippen LogP contribution in [0.1, 0.15) is 29.8 Å². The number of benzene rings is 1. The van der Waals surface area contributed by atoms with Gasteiger partial charge in [0.15, 0.2) is 0 Å². The number of hydrogen-bond acceptors (Lipinski definition) is 4. The molecule has 1 fully saturated rings. The van der Waals surface area contributed by atoms with Gasteiger partial charge in [0, 0.05) is 6.42 Å². The number of imidazole rings is 1. The van der Waals surface area contributed by atoms with Crippen LogP contribution in [0.25, 0.3) is 0 Å². The Bertz CT molecular complexity index is 890. The van der Waals surface area contributed by atoms with Crippen LogP contribution in [0.15, 0.2) is 36.8 Å². The highest BCUT2D eigenvalue weighted by Crippen LogP contribution is 2.35. The highest BCUT2D eigenvalue weighted by molar-refractivity contribution is 5.66. The van der Waals surface area contributed by atoms with Gasteiger partial charge < -0.3 is 15.2 Å². The Morgan fingerprint density at radius 3 is 2.61 bits per heavy atom. The molecule has 28 heavy (non-hydrogen) atoms. The van der Waals surface area contributed by atoms with Crippen LogP contribution in [0.3, 0.4) is 0 Å². The molecule has 146 valence electrons. The average Bonchev–Trinajstić information content (AvgIpc) is 3.20. The van der Waals surface area contributed by atoms with Crippen LogP contribution in [0.4, 0.5) is 9.59 Å². The Labute approximate surface area is 162 Å². The maximum absolute atomic E-state index is 12.5. The van der Waals surface area contributed by atoms with Crippen LogP contribution in [0.5, 0.6) is 0 Å². The highest BCUT2D eigenvalue weighted by atomic mass is 16.4. The van der Waals surface area contributed by atoms with Gasteiger partial charge in [-0.25, -0.2) is 14.3 Å². The molecule has 3 rings (SSSR count). The van der Waals surface area contributed by atoms with Crippen molar-refractivity contribution in [2.75, 3.05) is 19.6 Å². The zero-order valence-corrected chi connectivity index (χ0v) is 15.4. The molecule has 1 aliphatic heterocycles. The lowest BCUT2D eigenvalue weighted by atomic mass is 9.96. The maximum atomic E-state index is 12.5. The van der Waals surface area contributed by atoms with Crippen molar-refractivity contribution in [3.05, 3.63) is 53.6 Å². The first-order valence-electron chi connectivity index (χ1n) is 8.94. The summed E-state index contributed by atoms with van der Waals surface area (Å²) in [4.78, 5) is 32.2. The molecule has 0 aliphatic carbocycles. The fourth-order valence-electron chi connectivity index (χ4n) is 3.98. The third-order valence-electron chi connectivity index (χ3n) is 5.48. The molecule has 9 nitrogen and oxygen atoms in total. The van der Waals surface area contributed by atoms with Crippen molar-refractivity contribution >= 4 is 12.2 Å². The number of nitrogens with zero attached hydrogens (tertiary/aromatic N) is 4. The minimum Gasteiger partial charge on any atom is -0.465 e. The van der Waals surface area contributed by atoms with Gasteiger partial charge in [0.05, 0.1) is 42.4 Å². The second kappa shape index (κ2) is 7.70. The summed E-state index contributed by atoms with van der Waals surface area (Å²) in [5.41, 5.74) is 2.11. The Morgan fingerprint density at radius 2 is 2.11 bits per heavy atom. The van der Waals surface area contributed by atoms with E-state index >= 15 is 0 Å². The molecule has 2 heterocycles. The van der Waals surface area contributed by atoms with Crippen LogP contribution >= 0.6 is 0 Å². The molecule has 0 radical (unpaired) electrons. The van der Waals surface area contributed by atoms with Crippen molar-refractivity contribution in [1.29, 1.82) is 5.26 Å². The summed E-state index contributed by atoms with van der Waals surface area (Å²) >= 11 is 0. The van der Waals surface area contributed by atoms with Crippen molar-refractivity contribution in [3.8, 4) is 6.07 Å². The van der Waals surface area contributed by atoms with Gasteiger partial charge in [-0.05, 0) is 24.6 Å². The number of piperazine rings is 1. The molecule has 9 heteroatoms. The van der Waals surface area contributed by atoms with E-state index in [0.717, 1.165) is 5.56 Å². The lowest BCUT2D eigenvalue weighted by molar-refractivity contribution is -0.895. The number of carbonyl (C=O) groups is 2. The molecule has 1 saturated heterocycles. The van der Waals surface area contributed by atoms with Crippen molar-refractivity contribution in [1.82, 2.24) is 14.9 Å². The van der Waals surface area contributed by atoms with E-state index in [1.807, 2.05) is 12.1 Å². The molecule has 3 unspecified atom stereocenters. The third kappa shape index (κ3) is 3.54. The van der Waals surface area contributed by atoms with Crippen molar-refractivity contribution in [2.24, 2.45) is 0 Å². The van der Waals surface area contributed by atoms with E-state index in [9.17, 15) is 19.8 Å². The van der Waals surface area contributed by atoms with E-state index in [0.29, 0.717) is 17.7 Å². The van der Waals surface area contributed by atoms with Crippen molar-refractivity contribution in [2.45, 2.75) is 25.4 Å². The molecule has 2 amide bonds. The molecule has 0 saturated carbocycles. The molecule has 3 atom stereocenters. The summed E-state index contributed by atoms with van der Waals surface area (Å²) in [7, 11) is 0. The van der Waals surface area contributed by atoms with Crippen LogP contribution in [-0.4, -0.2) is 67.4 Å². The van der Waals surface area contributed by atoms with Gasteiger partial charge in [-0.3, -0.25) is 4.90 Å². The van der Waals surface area contributed by atoms with E-state index in [1.165, 1.54) is 11.2 Å². The molecular weight excluding hydrogens is 362 g/mol. The standard InChI is InChI=1S/C19H21N5O4/c1-13-11-24(19(27)28,7-6-23(13)18(25)26)17(16-10-21-12-22-16)8-14-2-4-15(9-20)5-3-14/h2-5,10,12-13,17H,6-8,11H2,1H3,(H2-,21,22,25,26,27,28)/p+1. The number of carboxylic acid groups (broad SMARTS) is 2. The molecule has 0 bridgehead atoms. The first-order chi connectivity index (χ1) is 13.4. The number of nitrogens with one attached hydrogen (secondary N) is 1. The second-order valence-corrected chi connectivity index (χ2v) is 7.08. The number of amides is 2. The van der Waals surface area contributed by atoms with E-state index in [-0.39, 0.29) is 24.1 Å². The van der Waals surface area contributed by atoms with E-state index < -0.39 is 24.3 Å².